The highest BCUT2D eigenvalue weighted by atomic mass is 32.2. The number of ether oxygens (including phenoxy) is 3. The predicted molar refractivity (Wildman–Crippen MR) is 201 cm³/mol. The molecule has 0 bridgehead atoms. The van der Waals surface area contributed by atoms with Crippen molar-refractivity contribution in [3.63, 3.8) is 0 Å². The van der Waals surface area contributed by atoms with E-state index < -0.39 is 51.2 Å². The zero-order chi connectivity index (χ0) is 38.6. The normalized spacial score (nSPS) is 16.4. The Morgan fingerprint density at radius 1 is 1.00 bits per heavy atom. The number of pyridine rings is 1. The van der Waals surface area contributed by atoms with Crippen molar-refractivity contribution >= 4 is 55.8 Å². The number of hydrogen-bond donors (Lipinski definition) is 4. The average molecular weight is 748 g/mol. The fourth-order valence-electron chi connectivity index (χ4n) is 6.44. The number of anilines is 3. The van der Waals surface area contributed by atoms with Gasteiger partial charge in [0.1, 0.15) is 18.0 Å². The maximum absolute atomic E-state index is 15.1. The molecule has 0 saturated carbocycles. The summed E-state index contributed by atoms with van der Waals surface area (Å²) >= 11 is 0. The third-order valence-corrected chi connectivity index (χ3v) is 11.0. The van der Waals surface area contributed by atoms with Gasteiger partial charge < -0.3 is 40.6 Å². The Morgan fingerprint density at radius 2 is 1.74 bits per heavy atom. The van der Waals surface area contributed by atoms with Crippen molar-refractivity contribution in [2.75, 3.05) is 29.5 Å². The Balaban J connectivity index is 1.69. The molecular weight excluding hydrogens is 703 g/mol. The minimum absolute atomic E-state index is 0.0257. The number of nitrogen functional groups attached to an aromatic ring is 1. The van der Waals surface area contributed by atoms with Crippen molar-refractivity contribution < 1.29 is 42.1 Å². The van der Waals surface area contributed by atoms with Crippen molar-refractivity contribution in [1.29, 1.82) is 0 Å². The zero-order valence-electron chi connectivity index (χ0n) is 30.5. The number of carboxylic acid groups (broad SMARTS) is 1. The molecule has 3 aromatic carbocycles. The molecule has 1 aliphatic rings. The minimum Gasteiger partial charge on any atom is -0.490 e. The van der Waals surface area contributed by atoms with Gasteiger partial charge in [0, 0.05) is 42.8 Å². The Hall–Kier alpha value is -5.57. The zero-order valence-corrected chi connectivity index (χ0v) is 31.3. The molecule has 5 N–H and O–H groups in total. The van der Waals surface area contributed by atoms with Crippen LogP contribution in [0.15, 0.2) is 71.8 Å². The number of nitrogens with two attached hydrogens (primary N) is 1. The van der Waals surface area contributed by atoms with Crippen LogP contribution in [0, 0.1) is 0 Å². The van der Waals surface area contributed by atoms with Crippen molar-refractivity contribution in [3.05, 3.63) is 78.0 Å². The number of aromatic nitrogens is 1. The highest BCUT2D eigenvalue weighted by molar-refractivity contribution is 7.92. The van der Waals surface area contributed by atoms with Crippen LogP contribution in [0.2, 0.25) is 0 Å². The lowest BCUT2D eigenvalue weighted by atomic mass is 9.99. The molecule has 2 amide bonds. The number of amides is 2. The Bertz CT molecular complexity index is 2120. The number of benzene rings is 3. The van der Waals surface area contributed by atoms with Crippen molar-refractivity contribution in [2.45, 2.75) is 82.4 Å². The highest BCUT2D eigenvalue weighted by Crippen LogP contribution is 2.42. The predicted octanol–water partition coefficient (Wildman–Crippen LogP) is 6.33. The summed E-state index contributed by atoms with van der Waals surface area (Å²) in [5.41, 5.74) is 7.54. The van der Waals surface area contributed by atoms with Crippen molar-refractivity contribution in [1.82, 2.24) is 9.88 Å². The number of carbonyl (C=O) groups is 3. The molecule has 1 aliphatic heterocycles. The standard InChI is InChI=1S/C38H45N5O9S/c1-7-50-32-19-25(8-12-30(32)51-21(2)3)34(42-26-9-11-28-24(18-26)14-16-40-36(28)39)37(45)43-17-15-31(52-38(46)47)35(43)29-20-27(41-23(6)44)10-13-33(29)53(48,49)22(4)5/h8-14,16,18-22,31,34-35,42H,7,15,17H2,1-6H3,(H2,39,40)(H,41,44)(H,46,47)/t31-,34?,35-/m1/s1. The molecule has 5 rings (SSSR count). The third kappa shape index (κ3) is 8.57. The average Bonchev–Trinajstić information content (AvgIpc) is 3.50. The summed E-state index contributed by atoms with van der Waals surface area (Å²) in [6.45, 7) is 10.3. The van der Waals surface area contributed by atoms with Crippen LogP contribution in [0.3, 0.4) is 0 Å². The second-order valence-corrected chi connectivity index (χ2v) is 15.7. The van der Waals surface area contributed by atoms with Crippen LogP contribution in [-0.2, 0) is 24.2 Å². The largest absolute Gasteiger partial charge is 0.506 e. The summed E-state index contributed by atoms with van der Waals surface area (Å²) in [6.07, 6.45) is -1.21. The molecule has 0 radical (unpaired) electrons. The van der Waals surface area contributed by atoms with Crippen molar-refractivity contribution in [2.24, 2.45) is 0 Å². The van der Waals surface area contributed by atoms with E-state index in [1.807, 2.05) is 26.8 Å². The summed E-state index contributed by atoms with van der Waals surface area (Å²) < 4.78 is 44.8. The number of nitrogens with zero attached hydrogens (tertiary/aromatic N) is 2. The van der Waals surface area contributed by atoms with E-state index in [0.717, 1.165) is 10.8 Å². The van der Waals surface area contributed by atoms with E-state index in [2.05, 4.69) is 15.6 Å². The van der Waals surface area contributed by atoms with Crippen LogP contribution in [0.1, 0.15) is 71.2 Å². The molecule has 4 aromatic rings. The fourth-order valence-corrected chi connectivity index (χ4v) is 7.71. The molecule has 282 valence electrons. The Morgan fingerprint density at radius 3 is 2.40 bits per heavy atom. The summed E-state index contributed by atoms with van der Waals surface area (Å²) in [5, 5.41) is 16.4. The number of nitrogens with one attached hydrogen (secondary N) is 2. The maximum Gasteiger partial charge on any atom is 0.506 e. The highest BCUT2D eigenvalue weighted by Gasteiger charge is 2.45. The summed E-state index contributed by atoms with van der Waals surface area (Å²) in [7, 11) is -3.98. The first-order chi connectivity index (χ1) is 25.1. The van der Waals surface area contributed by atoms with Crippen LogP contribution in [0.5, 0.6) is 11.5 Å². The first-order valence-corrected chi connectivity index (χ1v) is 18.8. The maximum atomic E-state index is 15.1. The SMILES string of the molecule is CCOc1cc(C(Nc2ccc3c(N)nccc3c2)C(=O)N2CC[C@@H](OC(=O)O)[C@H]2c2cc(NC(C)=O)ccc2S(=O)(=O)C(C)C)ccc1OC(C)C. The van der Waals surface area contributed by atoms with Crippen LogP contribution < -0.4 is 25.8 Å². The molecule has 1 fully saturated rings. The third-order valence-electron chi connectivity index (χ3n) is 8.77. The van der Waals surface area contributed by atoms with Gasteiger partial charge in [-0.15, -0.1) is 0 Å². The van der Waals surface area contributed by atoms with Gasteiger partial charge in [0.25, 0.3) is 0 Å². The van der Waals surface area contributed by atoms with E-state index in [0.29, 0.717) is 35.2 Å². The number of rotatable bonds is 13. The number of hydrogen-bond acceptors (Lipinski definition) is 11. The number of fused-ring (bicyclic) bond motifs is 1. The molecule has 2 heterocycles. The Kier molecular flexibility index (Phi) is 11.7. The molecule has 1 unspecified atom stereocenters. The smallest absolute Gasteiger partial charge is 0.490 e. The van der Waals surface area contributed by atoms with Crippen LogP contribution in [0.4, 0.5) is 22.0 Å². The quantitative estimate of drug-likeness (QED) is 0.111. The molecule has 1 aromatic heterocycles. The molecule has 53 heavy (non-hydrogen) atoms. The second kappa shape index (κ2) is 16.0. The van der Waals surface area contributed by atoms with Gasteiger partial charge in [0.15, 0.2) is 21.3 Å². The number of sulfone groups is 1. The fraction of sp³-hybridized carbons (Fsp3) is 0.368. The molecule has 1 saturated heterocycles. The lowest BCUT2D eigenvalue weighted by Gasteiger charge is -2.33. The van der Waals surface area contributed by atoms with E-state index in [4.69, 9.17) is 19.9 Å². The number of carbonyl (C=O) groups excluding carboxylic acids is 2. The molecule has 3 atom stereocenters. The van der Waals surface area contributed by atoms with E-state index in [-0.39, 0.29) is 35.2 Å². The van der Waals surface area contributed by atoms with Gasteiger partial charge in [-0.3, -0.25) is 9.59 Å². The van der Waals surface area contributed by atoms with E-state index in [1.165, 1.54) is 43.9 Å². The van der Waals surface area contributed by atoms with Gasteiger partial charge in [-0.2, -0.15) is 0 Å². The summed E-state index contributed by atoms with van der Waals surface area (Å²) in [5.74, 6) is 0.340. The van der Waals surface area contributed by atoms with Gasteiger partial charge >= 0.3 is 6.16 Å². The van der Waals surface area contributed by atoms with E-state index >= 15 is 4.79 Å². The topological polar surface area (TPSA) is 199 Å². The molecule has 15 heteroatoms. The Labute approximate surface area is 308 Å². The van der Waals surface area contributed by atoms with Gasteiger partial charge in [-0.05, 0) is 106 Å². The lowest BCUT2D eigenvalue weighted by molar-refractivity contribution is -0.134. The van der Waals surface area contributed by atoms with Gasteiger partial charge in [-0.25, -0.2) is 18.2 Å². The molecular formula is C38H45N5O9S. The second-order valence-electron chi connectivity index (χ2n) is 13.2. The number of likely N-dealkylation sites (tertiary alicyclic amines) is 1. The first-order valence-electron chi connectivity index (χ1n) is 17.3. The first kappa shape index (κ1) is 38.7. The van der Waals surface area contributed by atoms with Gasteiger partial charge in [0.2, 0.25) is 11.8 Å². The summed E-state index contributed by atoms with van der Waals surface area (Å²) in [4.78, 5) is 44.6. The molecule has 0 aliphatic carbocycles. The van der Waals surface area contributed by atoms with E-state index in [1.54, 1.807) is 42.6 Å². The van der Waals surface area contributed by atoms with Gasteiger partial charge in [0.05, 0.1) is 28.9 Å². The van der Waals surface area contributed by atoms with E-state index in [9.17, 15) is 23.1 Å². The molecule has 0 spiro atoms. The van der Waals surface area contributed by atoms with Gasteiger partial charge in [-0.1, -0.05) is 6.07 Å². The summed E-state index contributed by atoms with van der Waals surface area (Å²) in [6, 6.07) is 14.3. The van der Waals surface area contributed by atoms with Crippen LogP contribution in [0.25, 0.3) is 10.8 Å². The van der Waals surface area contributed by atoms with Crippen molar-refractivity contribution in [3.8, 4) is 11.5 Å². The van der Waals surface area contributed by atoms with Crippen LogP contribution >= 0.6 is 0 Å². The van der Waals surface area contributed by atoms with Crippen LogP contribution in [-0.4, -0.2) is 72.0 Å². The monoisotopic (exact) mass is 747 g/mol. The lowest BCUT2D eigenvalue weighted by Crippen LogP contribution is -2.40. The minimum atomic E-state index is -3.98. The molecule has 14 nitrogen and oxygen atoms in total.